The molecule has 1 aliphatic carbocycles. The Balaban J connectivity index is 2.03. The van der Waals surface area contributed by atoms with Gasteiger partial charge in [-0.1, -0.05) is 26.0 Å². The maximum Gasteiger partial charge on any atom is 0.416 e. The average Bonchev–Trinajstić information content (AvgIpc) is 2.40. The zero-order chi connectivity index (χ0) is 15.6. The van der Waals surface area contributed by atoms with E-state index in [2.05, 4.69) is 13.8 Å². The molecule has 0 radical (unpaired) electrons. The number of alkyl halides is 3. The van der Waals surface area contributed by atoms with Crippen molar-refractivity contribution in [2.75, 3.05) is 0 Å². The molecule has 0 amide bonds. The molecule has 1 aromatic carbocycles. The third-order valence-electron chi connectivity index (χ3n) is 4.80. The lowest BCUT2D eigenvalue weighted by Crippen LogP contribution is -2.38. The predicted molar refractivity (Wildman–Crippen MR) is 78.8 cm³/mol. The number of hydrogen-bond donors (Lipinski definition) is 1. The van der Waals surface area contributed by atoms with Crippen LogP contribution in [-0.4, -0.2) is 6.04 Å². The average molecular weight is 299 g/mol. The van der Waals surface area contributed by atoms with Gasteiger partial charge in [-0.05, 0) is 61.1 Å². The fourth-order valence-electron chi connectivity index (χ4n) is 3.30. The van der Waals surface area contributed by atoms with E-state index in [-0.39, 0.29) is 6.04 Å². The second-order valence-corrected chi connectivity index (χ2v) is 6.64. The van der Waals surface area contributed by atoms with Crippen LogP contribution < -0.4 is 5.73 Å². The molecular formula is C17H24F3N. The van der Waals surface area contributed by atoms with Gasteiger partial charge in [-0.15, -0.1) is 0 Å². The molecule has 2 N–H and O–H groups in total. The summed E-state index contributed by atoms with van der Waals surface area (Å²) in [5.41, 5.74) is 6.58. The fraction of sp³-hybridized carbons (Fsp3) is 0.647. The second-order valence-electron chi connectivity index (χ2n) is 6.64. The SMILES string of the molecule is CC(C)C1CCC(N)C(Cc2ccc(C(F)(F)F)cc2)C1. The zero-order valence-electron chi connectivity index (χ0n) is 12.7. The maximum atomic E-state index is 12.6. The molecule has 1 saturated carbocycles. The molecular weight excluding hydrogens is 275 g/mol. The Labute approximate surface area is 124 Å². The highest BCUT2D eigenvalue weighted by atomic mass is 19.4. The number of nitrogens with two attached hydrogens (primary N) is 1. The van der Waals surface area contributed by atoms with Crippen LogP contribution >= 0.6 is 0 Å². The standard InChI is InChI=1S/C17H24F3N/c1-11(2)13-5-8-16(21)14(10-13)9-12-3-6-15(7-4-12)17(18,19)20/h3-4,6-7,11,13-14,16H,5,8-10,21H2,1-2H3. The highest BCUT2D eigenvalue weighted by molar-refractivity contribution is 5.25. The third-order valence-corrected chi connectivity index (χ3v) is 4.80. The molecule has 1 fully saturated rings. The zero-order valence-corrected chi connectivity index (χ0v) is 12.7. The van der Waals surface area contributed by atoms with Gasteiger partial charge >= 0.3 is 6.18 Å². The molecule has 2 rings (SSSR count). The molecule has 0 aliphatic heterocycles. The highest BCUT2D eigenvalue weighted by Gasteiger charge is 2.31. The van der Waals surface area contributed by atoms with Crippen molar-refractivity contribution in [3.05, 3.63) is 35.4 Å². The third kappa shape index (κ3) is 4.22. The van der Waals surface area contributed by atoms with Gasteiger partial charge < -0.3 is 5.73 Å². The monoisotopic (exact) mass is 299 g/mol. The van der Waals surface area contributed by atoms with E-state index in [4.69, 9.17) is 5.73 Å². The summed E-state index contributed by atoms with van der Waals surface area (Å²) in [6.07, 6.45) is -0.207. The largest absolute Gasteiger partial charge is 0.416 e. The van der Waals surface area contributed by atoms with Crippen LogP contribution in [-0.2, 0) is 12.6 Å². The van der Waals surface area contributed by atoms with Gasteiger partial charge in [-0.25, -0.2) is 0 Å². The minimum absolute atomic E-state index is 0.169. The highest BCUT2D eigenvalue weighted by Crippen LogP contribution is 2.35. The van der Waals surface area contributed by atoms with Gasteiger partial charge in [0.2, 0.25) is 0 Å². The van der Waals surface area contributed by atoms with E-state index in [1.165, 1.54) is 18.6 Å². The minimum Gasteiger partial charge on any atom is -0.327 e. The predicted octanol–water partition coefficient (Wildman–Crippen LogP) is 4.65. The van der Waals surface area contributed by atoms with Crippen molar-refractivity contribution in [3.63, 3.8) is 0 Å². The Morgan fingerprint density at radius 2 is 1.76 bits per heavy atom. The van der Waals surface area contributed by atoms with Crippen LogP contribution in [0.4, 0.5) is 13.2 Å². The number of hydrogen-bond acceptors (Lipinski definition) is 1. The lowest BCUT2D eigenvalue weighted by Gasteiger charge is -2.36. The molecule has 1 nitrogen and oxygen atoms in total. The fourth-order valence-corrected chi connectivity index (χ4v) is 3.30. The molecule has 3 unspecified atom stereocenters. The molecule has 0 saturated heterocycles. The van der Waals surface area contributed by atoms with E-state index in [0.29, 0.717) is 17.8 Å². The Bertz CT molecular complexity index is 450. The van der Waals surface area contributed by atoms with Crippen LogP contribution in [0.1, 0.15) is 44.2 Å². The van der Waals surface area contributed by atoms with E-state index in [9.17, 15) is 13.2 Å². The van der Waals surface area contributed by atoms with Crippen molar-refractivity contribution in [3.8, 4) is 0 Å². The Morgan fingerprint density at radius 3 is 2.29 bits per heavy atom. The van der Waals surface area contributed by atoms with E-state index in [1.54, 1.807) is 12.1 Å². The molecule has 0 spiro atoms. The molecule has 21 heavy (non-hydrogen) atoms. The first-order valence-corrected chi connectivity index (χ1v) is 7.69. The topological polar surface area (TPSA) is 26.0 Å². The van der Waals surface area contributed by atoms with Crippen molar-refractivity contribution in [1.82, 2.24) is 0 Å². The van der Waals surface area contributed by atoms with Crippen LogP contribution in [0.3, 0.4) is 0 Å². The number of rotatable bonds is 3. The molecule has 0 bridgehead atoms. The lowest BCUT2D eigenvalue weighted by atomic mass is 9.72. The van der Waals surface area contributed by atoms with Crippen molar-refractivity contribution >= 4 is 0 Å². The molecule has 0 heterocycles. The van der Waals surface area contributed by atoms with E-state index < -0.39 is 11.7 Å². The summed E-state index contributed by atoms with van der Waals surface area (Å²) >= 11 is 0. The molecule has 0 aromatic heterocycles. The lowest BCUT2D eigenvalue weighted by molar-refractivity contribution is -0.137. The number of halogens is 3. The smallest absolute Gasteiger partial charge is 0.327 e. The first-order valence-electron chi connectivity index (χ1n) is 7.69. The van der Waals surface area contributed by atoms with Crippen LogP contribution in [0.2, 0.25) is 0 Å². The maximum absolute atomic E-state index is 12.6. The quantitative estimate of drug-likeness (QED) is 0.864. The Hall–Kier alpha value is -1.03. The summed E-state index contributed by atoms with van der Waals surface area (Å²) in [5.74, 6) is 1.71. The second kappa shape index (κ2) is 6.39. The van der Waals surface area contributed by atoms with E-state index in [0.717, 1.165) is 24.8 Å². The Kier molecular flexibility index (Phi) is 4.97. The summed E-state index contributed by atoms with van der Waals surface area (Å²) in [5, 5.41) is 0. The van der Waals surface area contributed by atoms with E-state index in [1.807, 2.05) is 0 Å². The van der Waals surface area contributed by atoms with Crippen molar-refractivity contribution in [2.45, 2.75) is 51.7 Å². The minimum atomic E-state index is -4.26. The van der Waals surface area contributed by atoms with Crippen molar-refractivity contribution in [1.29, 1.82) is 0 Å². The summed E-state index contributed by atoms with van der Waals surface area (Å²) in [7, 11) is 0. The molecule has 1 aliphatic rings. The van der Waals surface area contributed by atoms with Crippen molar-refractivity contribution in [2.24, 2.45) is 23.5 Å². The molecule has 3 atom stereocenters. The molecule has 118 valence electrons. The van der Waals surface area contributed by atoms with Gasteiger partial charge in [0.05, 0.1) is 5.56 Å². The van der Waals surface area contributed by atoms with Crippen molar-refractivity contribution < 1.29 is 13.2 Å². The normalized spacial score (nSPS) is 27.1. The summed E-state index contributed by atoms with van der Waals surface area (Å²) in [4.78, 5) is 0. The summed E-state index contributed by atoms with van der Waals surface area (Å²) in [6.45, 7) is 4.47. The van der Waals surface area contributed by atoms with Gasteiger partial charge in [-0.2, -0.15) is 13.2 Å². The summed E-state index contributed by atoms with van der Waals surface area (Å²) in [6, 6.07) is 5.69. The van der Waals surface area contributed by atoms with Crippen LogP contribution in [0.5, 0.6) is 0 Å². The van der Waals surface area contributed by atoms with Gasteiger partial charge in [0.1, 0.15) is 0 Å². The first-order chi connectivity index (χ1) is 9.77. The van der Waals surface area contributed by atoms with Gasteiger partial charge in [0.15, 0.2) is 0 Å². The van der Waals surface area contributed by atoms with E-state index >= 15 is 0 Å². The molecule has 4 heteroatoms. The van der Waals surface area contributed by atoms with Crippen LogP contribution in [0.25, 0.3) is 0 Å². The number of benzene rings is 1. The van der Waals surface area contributed by atoms with Gasteiger partial charge in [0, 0.05) is 6.04 Å². The summed E-state index contributed by atoms with van der Waals surface area (Å²) < 4.78 is 37.7. The van der Waals surface area contributed by atoms with Gasteiger partial charge in [-0.3, -0.25) is 0 Å². The van der Waals surface area contributed by atoms with Crippen LogP contribution in [0.15, 0.2) is 24.3 Å². The van der Waals surface area contributed by atoms with Crippen LogP contribution in [0, 0.1) is 17.8 Å². The molecule has 1 aromatic rings. The Morgan fingerprint density at radius 1 is 1.14 bits per heavy atom. The first kappa shape index (κ1) is 16.3. The van der Waals surface area contributed by atoms with Gasteiger partial charge in [0.25, 0.3) is 0 Å².